The van der Waals surface area contributed by atoms with Gasteiger partial charge in [0.25, 0.3) is 0 Å². The summed E-state index contributed by atoms with van der Waals surface area (Å²) in [6.45, 7) is 4.60. The summed E-state index contributed by atoms with van der Waals surface area (Å²) >= 11 is 1.78. The number of thiophene rings is 1. The number of hydrogen-bond donors (Lipinski definition) is 2. The Morgan fingerprint density at radius 1 is 1.63 bits per heavy atom. The van der Waals surface area contributed by atoms with E-state index in [0.717, 1.165) is 25.9 Å². The van der Waals surface area contributed by atoms with Gasteiger partial charge in [-0.1, -0.05) is 0 Å². The Labute approximate surface area is 118 Å². The minimum Gasteiger partial charge on any atom is -0.354 e. The zero-order chi connectivity index (χ0) is 13.4. The van der Waals surface area contributed by atoms with Crippen LogP contribution in [0.2, 0.25) is 0 Å². The Morgan fingerprint density at radius 2 is 2.47 bits per heavy atom. The van der Waals surface area contributed by atoms with E-state index in [2.05, 4.69) is 28.6 Å². The van der Waals surface area contributed by atoms with E-state index in [1.54, 1.807) is 11.3 Å². The standard InChI is InChI=1S/C14H21N3OS/c1-9-4-6-19-13(9)11(7-15)17-5-2-3-10-12(17)8-16-14(10)18/h4,6,10-12H,2-3,5,7-8,15H2,1H3,(H,16,18). The van der Waals surface area contributed by atoms with E-state index < -0.39 is 0 Å². The normalized spacial score (nSPS) is 29.1. The molecule has 1 aromatic heterocycles. The summed E-state index contributed by atoms with van der Waals surface area (Å²) in [7, 11) is 0. The number of carbonyl (C=O) groups excluding carboxylic acids is 1. The summed E-state index contributed by atoms with van der Waals surface area (Å²) in [4.78, 5) is 15.7. The van der Waals surface area contributed by atoms with Gasteiger partial charge in [-0.3, -0.25) is 9.69 Å². The Bertz CT molecular complexity index is 473. The second kappa shape index (κ2) is 5.23. The number of nitrogens with one attached hydrogen (secondary N) is 1. The SMILES string of the molecule is Cc1ccsc1C(CN)N1CCCC2C(=O)NCC21. The highest BCUT2D eigenvalue weighted by atomic mass is 32.1. The molecule has 19 heavy (non-hydrogen) atoms. The van der Waals surface area contributed by atoms with Crippen molar-refractivity contribution in [2.24, 2.45) is 11.7 Å². The minimum atomic E-state index is 0.170. The fraction of sp³-hybridized carbons (Fsp3) is 0.643. The first-order chi connectivity index (χ1) is 9.22. The number of hydrogen-bond acceptors (Lipinski definition) is 4. The molecule has 3 atom stereocenters. The van der Waals surface area contributed by atoms with Gasteiger partial charge in [0.15, 0.2) is 0 Å². The Morgan fingerprint density at radius 3 is 3.16 bits per heavy atom. The van der Waals surface area contributed by atoms with Crippen LogP contribution in [0.1, 0.15) is 29.3 Å². The summed E-state index contributed by atoms with van der Waals surface area (Å²) in [5.74, 6) is 0.399. The van der Waals surface area contributed by atoms with Crippen molar-refractivity contribution in [1.29, 1.82) is 0 Å². The number of rotatable bonds is 3. The van der Waals surface area contributed by atoms with E-state index in [1.165, 1.54) is 10.4 Å². The molecule has 3 heterocycles. The maximum absolute atomic E-state index is 11.9. The van der Waals surface area contributed by atoms with Crippen LogP contribution in [-0.2, 0) is 4.79 Å². The van der Waals surface area contributed by atoms with Crippen LogP contribution < -0.4 is 11.1 Å². The topological polar surface area (TPSA) is 58.4 Å². The number of amides is 1. The smallest absolute Gasteiger partial charge is 0.224 e. The maximum Gasteiger partial charge on any atom is 0.224 e. The fourth-order valence-corrected chi connectivity index (χ4v) is 4.55. The Balaban J connectivity index is 1.87. The van der Waals surface area contributed by atoms with E-state index >= 15 is 0 Å². The van der Waals surface area contributed by atoms with Crippen molar-refractivity contribution < 1.29 is 4.79 Å². The zero-order valence-corrected chi connectivity index (χ0v) is 12.1. The molecule has 0 spiro atoms. The molecule has 0 aromatic carbocycles. The van der Waals surface area contributed by atoms with E-state index in [0.29, 0.717) is 12.6 Å². The third-order valence-electron chi connectivity index (χ3n) is 4.47. The number of nitrogens with zero attached hydrogens (tertiary/aromatic N) is 1. The molecule has 0 aliphatic carbocycles. The largest absolute Gasteiger partial charge is 0.354 e. The van der Waals surface area contributed by atoms with Gasteiger partial charge in [-0.25, -0.2) is 0 Å². The molecule has 3 N–H and O–H groups in total. The van der Waals surface area contributed by atoms with Crippen molar-refractivity contribution >= 4 is 17.2 Å². The molecule has 3 unspecified atom stereocenters. The molecule has 2 fully saturated rings. The highest BCUT2D eigenvalue weighted by Crippen LogP contribution is 2.36. The molecule has 1 amide bonds. The third kappa shape index (κ3) is 2.20. The number of fused-ring (bicyclic) bond motifs is 1. The van der Waals surface area contributed by atoms with Crippen LogP contribution in [0.3, 0.4) is 0 Å². The van der Waals surface area contributed by atoms with E-state index in [9.17, 15) is 4.79 Å². The van der Waals surface area contributed by atoms with Crippen LogP contribution in [0.4, 0.5) is 0 Å². The molecular weight excluding hydrogens is 258 g/mol. The number of piperidine rings is 1. The van der Waals surface area contributed by atoms with Gasteiger partial charge in [0.1, 0.15) is 0 Å². The van der Waals surface area contributed by atoms with Crippen LogP contribution in [0.25, 0.3) is 0 Å². The van der Waals surface area contributed by atoms with Crippen LogP contribution >= 0.6 is 11.3 Å². The molecular formula is C14H21N3OS. The summed E-state index contributed by atoms with van der Waals surface area (Å²) in [5, 5.41) is 5.14. The Kier molecular flexibility index (Phi) is 3.60. The van der Waals surface area contributed by atoms with E-state index in [-0.39, 0.29) is 17.9 Å². The van der Waals surface area contributed by atoms with Crippen molar-refractivity contribution in [3.05, 3.63) is 21.9 Å². The van der Waals surface area contributed by atoms with Gasteiger partial charge in [-0.2, -0.15) is 0 Å². The van der Waals surface area contributed by atoms with Crippen molar-refractivity contribution in [2.45, 2.75) is 31.8 Å². The summed E-state index contributed by atoms with van der Waals surface area (Å²) in [6, 6.07) is 2.75. The first-order valence-corrected chi connectivity index (χ1v) is 7.88. The Hall–Kier alpha value is -0.910. The highest BCUT2D eigenvalue weighted by molar-refractivity contribution is 7.10. The molecule has 0 saturated carbocycles. The maximum atomic E-state index is 11.9. The van der Waals surface area contributed by atoms with Crippen LogP contribution in [-0.4, -0.2) is 36.5 Å². The van der Waals surface area contributed by atoms with Crippen molar-refractivity contribution in [1.82, 2.24) is 10.2 Å². The summed E-state index contributed by atoms with van der Waals surface area (Å²) < 4.78 is 0. The molecule has 5 heteroatoms. The molecule has 1 aromatic rings. The minimum absolute atomic E-state index is 0.170. The summed E-state index contributed by atoms with van der Waals surface area (Å²) in [5.41, 5.74) is 7.36. The molecule has 2 aliphatic heterocycles. The van der Waals surface area contributed by atoms with Crippen LogP contribution in [0.5, 0.6) is 0 Å². The van der Waals surface area contributed by atoms with Gasteiger partial charge >= 0.3 is 0 Å². The van der Waals surface area contributed by atoms with Crippen molar-refractivity contribution in [3.63, 3.8) is 0 Å². The quantitative estimate of drug-likeness (QED) is 0.876. The first kappa shape index (κ1) is 13.1. The fourth-order valence-electron chi connectivity index (χ4n) is 3.49. The lowest BCUT2D eigenvalue weighted by Gasteiger charge is -2.41. The predicted octanol–water partition coefficient (Wildman–Crippen LogP) is 1.27. The molecule has 2 aliphatic rings. The lowest BCUT2D eigenvalue weighted by molar-refractivity contribution is -0.124. The van der Waals surface area contributed by atoms with Gasteiger partial charge in [0.2, 0.25) is 5.91 Å². The number of nitrogens with two attached hydrogens (primary N) is 1. The second-order valence-electron chi connectivity index (χ2n) is 5.52. The van der Waals surface area contributed by atoms with Crippen molar-refractivity contribution in [3.8, 4) is 0 Å². The van der Waals surface area contributed by atoms with Crippen LogP contribution in [0.15, 0.2) is 11.4 Å². The average molecular weight is 279 g/mol. The van der Waals surface area contributed by atoms with Gasteiger partial charge < -0.3 is 11.1 Å². The second-order valence-corrected chi connectivity index (χ2v) is 6.47. The molecule has 0 radical (unpaired) electrons. The highest BCUT2D eigenvalue weighted by Gasteiger charge is 2.43. The molecule has 3 rings (SSSR count). The third-order valence-corrected chi connectivity index (χ3v) is 5.59. The monoisotopic (exact) mass is 279 g/mol. The van der Waals surface area contributed by atoms with Gasteiger partial charge in [-0.05, 0) is 43.3 Å². The first-order valence-electron chi connectivity index (χ1n) is 7.00. The van der Waals surface area contributed by atoms with E-state index in [4.69, 9.17) is 5.73 Å². The number of aryl methyl sites for hydroxylation is 1. The number of likely N-dealkylation sites (tertiary alicyclic amines) is 1. The van der Waals surface area contributed by atoms with Gasteiger partial charge in [-0.15, -0.1) is 11.3 Å². The molecule has 0 bridgehead atoms. The van der Waals surface area contributed by atoms with E-state index in [1.807, 2.05) is 0 Å². The van der Waals surface area contributed by atoms with Crippen LogP contribution in [0, 0.1) is 12.8 Å². The molecule has 4 nitrogen and oxygen atoms in total. The van der Waals surface area contributed by atoms with Gasteiger partial charge in [0.05, 0.1) is 12.0 Å². The summed E-state index contributed by atoms with van der Waals surface area (Å²) in [6.07, 6.45) is 2.11. The lowest BCUT2D eigenvalue weighted by Crippen LogP contribution is -2.49. The number of carbonyl (C=O) groups is 1. The van der Waals surface area contributed by atoms with Crippen molar-refractivity contribution in [2.75, 3.05) is 19.6 Å². The molecule has 104 valence electrons. The molecule has 2 saturated heterocycles. The predicted molar refractivity (Wildman–Crippen MR) is 77.1 cm³/mol. The lowest BCUT2D eigenvalue weighted by atomic mass is 9.89. The average Bonchev–Trinajstić information content (AvgIpc) is 2.99. The van der Waals surface area contributed by atoms with Gasteiger partial charge in [0, 0.05) is 24.0 Å². The zero-order valence-electron chi connectivity index (χ0n) is 11.3.